The van der Waals surface area contributed by atoms with Gasteiger partial charge in [-0.1, -0.05) is 19.4 Å². The van der Waals surface area contributed by atoms with Crippen molar-refractivity contribution in [3.63, 3.8) is 0 Å². The van der Waals surface area contributed by atoms with Crippen molar-refractivity contribution in [3.8, 4) is 0 Å². The zero-order valence-corrected chi connectivity index (χ0v) is 7.25. The van der Waals surface area contributed by atoms with Crippen LogP contribution in [0, 0.1) is 0 Å². The first-order chi connectivity index (χ1) is 5.31. The van der Waals surface area contributed by atoms with Gasteiger partial charge in [-0.2, -0.15) is 0 Å². The third kappa shape index (κ3) is 7.56. The van der Waals surface area contributed by atoms with Gasteiger partial charge in [-0.15, -0.1) is 6.58 Å². The topological polar surface area (TPSA) is 29.5 Å². The smallest absolute Gasteiger partial charge is 0.0807 e. The number of aliphatic hydroxyl groups excluding tert-OH is 1. The predicted octanol–water partition coefficient (Wildman–Crippen LogP) is 1.74. The highest BCUT2D eigenvalue weighted by Crippen LogP contribution is 1.94. The summed E-state index contributed by atoms with van der Waals surface area (Å²) in [6.07, 6.45) is 4.16. The largest absolute Gasteiger partial charge is 0.390 e. The van der Waals surface area contributed by atoms with Gasteiger partial charge in [0.05, 0.1) is 12.7 Å². The zero-order valence-electron chi connectivity index (χ0n) is 7.25. The van der Waals surface area contributed by atoms with Crippen molar-refractivity contribution in [2.24, 2.45) is 0 Å². The van der Waals surface area contributed by atoms with Crippen molar-refractivity contribution >= 4 is 0 Å². The van der Waals surface area contributed by atoms with Gasteiger partial charge in [0.25, 0.3) is 0 Å². The van der Waals surface area contributed by atoms with Crippen molar-refractivity contribution < 1.29 is 9.84 Å². The van der Waals surface area contributed by atoms with Crippen LogP contribution < -0.4 is 0 Å². The second-order valence-electron chi connectivity index (χ2n) is 2.61. The van der Waals surface area contributed by atoms with Gasteiger partial charge in [0, 0.05) is 6.61 Å². The van der Waals surface area contributed by atoms with E-state index in [-0.39, 0.29) is 6.10 Å². The second-order valence-corrected chi connectivity index (χ2v) is 2.61. The fourth-order valence-electron chi connectivity index (χ4n) is 0.726. The third-order valence-electron chi connectivity index (χ3n) is 1.39. The summed E-state index contributed by atoms with van der Waals surface area (Å²) in [4.78, 5) is 0. The fourth-order valence-corrected chi connectivity index (χ4v) is 0.726. The molecule has 0 amide bonds. The van der Waals surface area contributed by atoms with E-state index in [9.17, 15) is 0 Å². The maximum Gasteiger partial charge on any atom is 0.0807 e. The molecular formula is C9H18O2. The summed E-state index contributed by atoms with van der Waals surface area (Å²) < 4.78 is 5.19. The summed E-state index contributed by atoms with van der Waals surface area (Å²) in [6, 6.07) is 0. The van der Waals surface area contributed by atoms with Crippen LogP contribution in [0.25, 0.3) is 0 Å². The van der Waals surface area contributed by atoms with Crippen LogP contribution in [0.2, 0.25) is 0 Å². The van der Waals surface area contributed by atoms with Gasteiger partial charge in [-0.05, 0) is 12.8 Å². The summed E-state index contributed by atoms with van der Waals surface area (Å²) in [5.41, 5.74) is 0. The van der Waals surface area contributed by atoms with E-state index in [0.29, 0.717) is 13.0 Å². The normalized spacial score (nSPS) is 12.9. The van der Waals surface area contributed by atoms with Crippen LogP contribution in [0.3, 0.4) is 0 Å². The molecule has 0 aromatic carbocycles. The lowest BCUT2D eigenvalue weighted by atomic mass is 10.3. The number of unbranched alkanes of at least 4 members (excludes halogenated alkanes) is 1. The molecule has 0 aromatic rings. The van der Waals surface area contributed by atoms with Crippen LogP contribution in [-0.4, -0.2) is 24.4 Å². The number of hydrogen-bond donors (Lipinski definition) is 1. The van der Waals surface area contributed by atoms with Gasteiger partial charge >= 0.3 is 0 Å². The monoisotopic (exact) mass is 158 g/mol. The van der Waals surface area contributed by atoms with Crippen LogP contribution in [0.4, 0.5) is 0 Å². The highest BCUT2D eigenvalue weighted by Gasteiger charge is 1.99. The standard InChI is InChI=1S/C9H18O2/c1-3-5-7-11-8-9(10)6-4-2/h4,9-10H,2-3,5-8H2,1H3. The Kier molecular flexibility index (Phi) is 7.52. The zero-order chi connectivity index (χ0) is 8.53. The molecule has 11 heavy (non-hydrogen) atoms. The van der Waals surface area contributed by atoms with Gasteiger partial charge in [0.15, 0.2) is 0 Å². The van der Waals surface area contributed by atoms with Gasteiger partial charge in [-0.3, -0.25) is 0 Å². The van der Waals surface area contributed by atoms with E-state index in [0.717, 1.165) is 19.4 Å². The molecule has 0 spiro atoms. The quantitative estimate of drug-likeness (QED) is 0.451. The first-order valence-electron chi connectivity index (χ1n) is 4.18. The first-order valence-corrected chi connectivity index (χ1v) is 4.18. The second kappa shape index (κ2) is 7.76. The van der Waals surface area contributed by atoms with E-state index in [1.54, 1.807) is 6.08 Å². The molecular weight excluding hydrogens is 140 g/mol. The number of ether oxygens (including phenoxy) is 1. The molecule has 2 heteroatoms. The minimum atomic E-state index is -0.371. The molecule has 2 nitrogen and oxygen atoms in total. The SMILES string of the molecule is C=CCC(O)COCCCC. The maximum atomic E-state index is 9.15. The van der Waals surface area contributed by atoms with Crippen molar-refractivity contribution in [2.45, 2.75) is 32.3 Å². The molecule has 0 aliphatic rings. The average Bonchev–Trinajstić information content (AvgIpc) is 1.99. The van der Waals surface area contributed by atoms with Crippen LogP contribution >= 0.6 is 0 Å². The van der Waals surface area contributed by atoms with Gasteiger partial charge in [0.2, 0.25) is 0 Å². The minimum absolute atomic E-state index is 0.371. The highest BCUT2D eigenvalue weighted by molar-refractivity contribution is 4.71. The van der Waals surface area contributed by atoms with Crippen LogP contribution in [-0.2, 0) is 4.74 Å². The van der Waals surface area contributed by atoms with Gasteiger partial charge < -0.3 is 9.84 Å². The molecule has 0 aliphatic heterocycles. The molecule has 0 rings (SSSR count). The molecule has 0 fully saturated rings. The van der Waals surface area contributed by atoms with E-state index in [2.05, 4.69) is 13.5 Å². The van der Waals surface area contributed by atoms with Crippen molar-refractivity contribution in [1.82, 2.24) is 0 Å². The van der Waals surface area contributed by atoms with Crippen molar-refractivity contribution in [3.05, 3.63) is 12.7 Å². The fraction of sp³-hybridized carbons (Fsp3) is 0.778. The van der Waals surface area contributed by atoms with E-state index in [1.807, 2.05) is 0 Å². The summed E-state index contributed by atoms with van der Waals surface area (Å²) in [7, 11) is 0. The molecule has 0 bridgehead atoms. The Hall–Kier alpha value is -0.340. The van der Waals surface area contributed by atoms with Crippen LogP contribution in [0.1, 0.15) is 26.2 Å². The third-order valence-corrected chi connectivity index (χ3v) is 1.39. The van der Waals surface area contributed by atoms with E-state index < -0.39 is 0 Å². The van der Waals surface area contributed by atoms with E-state index in [1.165, 1.54) is 0 Å². The number of aliphatic hydroxyl groups is 1. The average molecular weight is 158 g/mol. The molecule has 1 unspecified atom stereocenters. The Morgan fingerprint density at radius 1 is 1.64 bits per heavy atom. The molecule has 0 saturated carbocycles. The number of rotatable bonds is 7. The molecule has 0 saturated heterocycles. The Bertz CT molecular complexity index is 91.6. The molecule has 0 heterocycles. The Balaban J connectivity index is 3.03. The summed E-state index contributed by atoms with van der Waals surface area (Å²) >= 11 is 0. The molecule has 0 aromatic heterocycles. The lowest BCUT2D eigenvalue weighted by Crippen LogP contribution is -2.14. The highest BCUT2D eigenvalue weighted by atomic mass is 16.5. The Labute approximate surface area is 68.9 Å². The molecule has 66 valence electrons. The summed E-state index contributed by atoms with van der Waals surface area (Å²) in [6.45, 7) is 6.84. The van der Waals surface area contributed by atoms with E-state index in [4.69, 9.17) is 9.84 Å². The summed E-state index contributed by atoms with van der Waals surface area (Å²) in [5.74, 6) is 0. The van der Waals surface area contributed by atoms with Crippen molar-refractivity contribution in [1.29, 1.82) is 0 Å². The molecule has 1 atom stereocenters. The lowest BCUT2D eigenvalue weighted by Gasteiger charge is -2.07. The molecule has 0 aliphatic carbocycles. The van der Waals surface area contributed by atoms with Crippen molar-refractivity contribution in [2.75, 3.05) is 13.2 Å². The Morgan fingerprint density at radius 2 is 2.36 bits per heavy atom. The van der Waals surface area contributed by atoms with Gasteiger partial charge in [0.1, 0.15) is 0 Å². The Morgan fingerprint density at radius 3 is 2.91 bits per heavy atom. The van der Waals surface area contributed by atoms with E-state index >= 15 is 0 Å². The van der Waals surface area contributed by atoms with Gasteiger partial charge in [-0.25, -0.2) is 0 Å². The van der Waals surface area contributed by atoms with Crippen LogP contribution in [0.15, 0.2) is 12.7 Å². The number of hydrogen-bond acceptors (Lipinski definition) is 2. The maximum absolute atomic E-state index is 9.15. The molecule has 0 radical (unpaired) electrons. The van der Waals surface area contributed by atoms with Crippen LogP contribution in [0.5, 0.6) is 0 Å². The summed E-state index contributed by atoms with van der Waals surface area (Å²) in [5, 5.41) is 9.15. The minimum Gasteiger partial charge on any atom is -0.390 e. The molecule has 1 N–H and O–H groups in total. The first kappa shape index (κ1) is 10.7. The predicted molar refractivity (Wildman–Crippen MR) is 46.5 cm³/mol. The lowest BCUT2D eigenvalue weighted by molar-refractivity contribution is 0.0373.